The number of likely N-dealkylation sites (tertiary alicyclic amines) is 1. The van der Waals surface area contributed by atoms with Crippen LogP contribution in [0.4, 0.5) is 14.9 Å². The molecule has 1 aromatic rings. The predicted molar refractivity (Wildman–Crippen MR) is 71.6 cm³/mol. The Morgan fingerprint density at radius 2 is 2.10 bits per heavy atom. The number of primary amides is 1. The first kappa shape index (κ1) is 14.8. The van der Waals surface area contributed by atoms with Crippen LogP contribution >= 0.6 is 0 Å². The van der Waals surface area contributed by atoms with E-state index in [9.17, 15) is 18.8 Å². The molecule has 1 heterocycles. The number of carboxylic acids is 1. The Balaban J connectivity index is 2.14. The third-order valence-electron chi connectivity index (χ3n) is 3.27. The van der Waals surface area contributed by atoms with E-state index in [0.29, 0.717) is 5.69 Å². The molecule has 0 spiro atoms. The van der Waals surface area contributed by atoms with Crippen LogP contribution in [0.1, 0.15) is 16.8 Å². The van der Waals surface area contributed by atoms with Crippen molar-refractivity contribution in [3.8, 4) is 0 Å². The third kappa shape index (κ3) is 3.10. The summed E-state index contributed by atoms with van der Waals surface area (Å²) in [5, 5.41) is 11.1. The van der Waals surface area contributed by atoms with Gasteiger partial charge in [0.25, 0.3) is 5.91 Å². The molecule has 1 fully saturated rings. The summed E-state index contributed by atoms with van der Waals surface area (Å²) in [6, 6.07) is 5.20. The van der Waals surface area contributed by atoms with E-state index in [2.05, 4.69) is 5.32 Å². The Kier molecular flexibility index (Phi) is 3.79. The number of carboxylic acid groups (broad SMARTS) is 1. The van der Waals surface area contributed by atoms with E-state index >= 15 is 0 Å². The van der Waals surface area contributed by atoms with Crippen LogP contribution in [0.5, 0.6) is 0 Å². The molecule has 4 N–H and O–H groups in total. The molecule has 0 saturated carbocycles. The summed E-state index contributed by atoms with van der Waals surface area (Å²) in [4.78, 5) is 35.0. The summed E-state index contributed by atoms with van der Waals surface area (Å²) in [7, 11) is 0. The van der Waals surface area contributed by atoms with Gasteiger partial charge < -0.3 is 21.1 Å². The van der Waals surface area contributed by atoms with Crippen molar-refractivity contribution in [3.63, 3.8) is 0 Å². The molecule has 1 saturated heterocycles. The number of anilines is 1. The van der Waals surface area contributed by atoms with Crippen molar-refractivity contribution < 1.29 is 23.9 Å². The van der Waals surface area contributed by atoms with Gasteiger partial charge in [0.05, 0.1) is 6.54 Å². The molecule has 1 unspecified atom stereocenters. The third-order valence-corrected chi connectivity index (χ3v) is 3.27. The van der Waals surface area contributed by atoms with E-state index < -0.39 is 30.1 Å². The van der Waals surface area contributed by atoms with Gasteiger partial charge in [0.1, 0.15) is 0 Å². The number of alkyl halides is 1. The maximum atomic E-state index is 13.9. The van der Waals surface area contributed by atoms with Crippen molar-refractivity contribution in [1.82, 2.24) is 4.90 Å². The molecule has 3 amide bonds. The highest BCUT2D eigenvalue weighted by molar-refractivity contribution is 5.97. The molecule has 21 heavy (non-hydrogen) atoms. The number of nitrogens with zero attached hydrogens (tertiary/aromatic N) is 1. The van der Waals surface area contributed by atoms with Gasteiger partial charge in [0.15, 0.2) is 0 Å². The molecule has 0 bridgehead atoms. The molecule has 0 aromatic heterocycles. The number of urea groups is 1. The molecule has 1 aliphatic heterocycles. The van der Waals surface area contributed by atoms with Crippen molar-refractivity contribution in [1.29, 1.82) is 0 Å². The van der Waals surface area contributed by atoms with Crippen molar-refractivity contribution >= 4 is 23.6 Å². The number of nitrogens with one attached hydrogen (secondary N) is 1. The van der Waals surface area contributed by atoms with Gasteiger partial charge in [-0.2, -0.15) is 0 Å². The van der Waals surface area contributed by atoms with Crippen LogP contribution in [-0.2, 0) is 4.79 Å². The van der Waals surface area contributed by atoms with Gasteiger partial charge in [-0.1, -0.05) is 6.07 Å². The normalized spacial score (nSPS) is 21.1. The molecule has 1 aliphatic rings. The fourth-order valence-electron chi connectivity index (χ4n) is 2.18. The largest absolute Gasteiger partial charge is 0.479 e. The van der Waals surface area contributed by atoms with Crippen molar-refractivity contribution in [2.75, 3.05) is 18.4 Å². The second-order valence-electron chi connectivity index (χ2n) is 4.82. The Morgan fingerprint density at radius 3 is 2.67 bits per heavy atom. The smallest absolute Gasteiger partial charge is 0.343 e. The minimum atomic E-state index is -2.40. The molecule has 0 radical (unpaired) electrons. The topological polar surface area (TPSA) is 113 Å². The SMILES string of the molecule is NC(=O)Nc1cccc(C(=O)N2CCC(F)(C(=O)O)C2)c1. The number of carbonyl (C=O) groups excluding carboxylic acids is 2. The minimum Gasteiger partial charge on any atom is -0.479 e. The zero-order valence-corrected chi connectivity index (χ0v) is 11.0. The molecule has 2 rings (SSSR count). The number of hydrogen-bond acceptors (Lipinski definition) is 3. The standard InChI is InChI=1S/C13H14FN3O4/c14-13(11(19)20)4-5-17(7-13)10(18)8-2-1-3-9(6-8)16-12(15)21/h1-3,6H,4-5,7H2,(H,19,20)(H3,15,16,21). The Bertz CT molecular complexity index is 607. The number of rotatable bonds is 3. The van der Waals surface area contributed by atoms with Gasteiger partial charge in [-0.15, -0.1) is 0 Å². The molecule has 112 valence electrons. The van der Waals surface area contributed by atoms with Crippen LogP contribution in [0.2, 0.25) is 0 Å². The highest BCUT2D eigenvalue weighted by Gasteiger charge is 2.46. The molecule has 8 heteroatoms. The molecule has 1 aromatic carbocycles. The summed E-state index contributed by atoms with van der Waals surface area (Å²) in [5.41, 5.74) is 3.13. The fourth-order valence-corrected chi connectivity index (χ4v) is 2.18. The van der Waals surface area contributed by atoms with Crippen LogP contribution in [-0.4, -0.2) is 46.7 Å². The first-order valence-electron chi connectivity index (χ1n) is 6.20. The summed E-state index contributed by atoms with van der Waals surface area (Å²) in [6.07, 6.45) is -0.243. The maximum Gasteiger partial charge on any atom is 0.343 e. The van der Waals surface area contributed by atoms with E-state index in [0.717, 1.165) is 4.90 Å². The van der Waals surface area contributed by atoms with Gasteiger partial charge in [-0.3, -0.25) is 4.79 Å². The molecule has 7 nitrogen and oxygen atoms in total. The highest BCUT2D eigenvalue weighted by Crippen LogP contribution is 2.27. The Hall–Kier alpha value is -2.64. The second kappa shape index (κ2) is 5.39. The number of aliphatic carboxylic acids is 1. The fraction of sp³-hybridized carbons (Fsp3) is 0.308. The lowest BCUT2D eigenvalue weighted by molar-refractivity contribution is -0.149. The van der Waals surface area contributed by atoms with Gasteiger partial charge in [0.2, 0.25) is 5.67 Å². The lowest BCUT2D eigenvalue weighted by Gasteiger charge is -2.18. The summed E-state index contributed by atoms with van der Waals surface area (Å²) < 4.78 is 13.9. The van der Waals surface area contributed by atoms with E-state index in [-0.39, 0.29) is 18.5 Å². The van der Waals surface area contributed by atoms with Crippen LogP contribution in [0, 0.1) is 0 Å². The van der Waals surface area contributed by atoms with E-state index in [1.54, 1.807) is 6.07 Å². The number of benzene rings is 1. The Labute approximate surface area is 119 Å². The maximum absolute atomic E-state index is 13.9. The number of halogens is 1. The van der Waals surface area contributed by atoms with Crippen molar-refractivity contribution in [3.05, 3.63) is 29.8 Å². The number of amides is 3. The number of hydrogen-bond donors (Lipinski definition) is 3. The van der Waals surface area contributed by atoms with Gasteiger partial charge in [0, 0.05) is 24.2 Å². The van der Waals surface area contributed by atoms with Gasteiger partial charge >= 0.3 is 12.0 Å². The summed E-state index contributed by atoms with van der Waals surface area (Å²) in [5.74, 6) is -2.06. The van der Waals surface area contributed by atoms with E-state index in [1.807, 2.05) is 0 Å². The number of nitrogens with two attached hydrogens (primary N) is 1. The first-order chi connectivity index (χ1) is 9.82. The average molecular weight is 295 g/mol. The van der Waals surface area contributed by atoms with Gasteiger partial charge in [-0.05, 0) is 18.2 Å². The van der Waals surface area contributed by atoms with Gasteiger partial charge in [-0.25, -0.2) is 14.0 Å². The molecular weight excluding hydrogens is 281 g/mol. The predicted octanol–water partition coefficient (Wildman–Crippen LogP) is 0.816. The quantitative estimate of drug-likeness (QED) is 0.766. The lowest BCUT2D eigenvalue weighted by atomic mass is 10.1. The zero-order valence-electron chi connectivity index (χ0n) is 11.0. The minimum absolute atomic E-state index is 0.0229. The van der Waals surface area contributed by atoms with E-state index in [4.69, 9.17) is 10.8 Å². The molecular formula is C13H14FN3O4. The summed E-state index contributed by atoms with van der Waals surface area (Å²) >= 11 is 0. The van der Waals surface area contributed by atoms with Crippen molar-refractivity contribution in [2.24, 2.45) is 5.73 Å². The summed E-state index contributed by atoms with van der Waals surface area (Å²) in [6.45, 7) is -0.469. The van der Waals surface area contributed by atoms with Crippen LogP contribution in [0.25, 0.3) is 0 Å². The number of carbonyl (C=O) groups is 3. The van der Waals surface area contributed by atoms with E-state index in [1.165, 1.54) is 18.2 Å². The zero-order chi connectivity index (χ0) is 15.6. The molecule has 0 aliphatic carbocycles. The van der Waals surface area contributed by atoms with Crippen LogP contribution in [0.15, 0.2) is 24.3 Å². The monoisotopic (exact) mass is 295 g/mol. The van der Waals surface area contributed by atoms with Crippen LogP contribution in [0.3, 0.4) is 0 Å². The van der Waals surface area contributed by atoms with Crippen molar-refractivity contribution in [2.45, 2.75) is 12.1 Å². The second-order valence-corrected chi connectivity index (χ2v) is 4.82. The molecule has 1 atom stereocenters. The first-order valence-corrected chi connectivity index (χ1v) is 6.20. The highest BCUT2D eigenvalue weighted by atomic mass is 19.1. The Morgan fingerprint density at radius 1 is 1.38 bits per heavy atom. The lowest BCUT2D eigenvalue weighted by Crippen LogP contribution is -2.38. The van der Waals surface area contributed by atoms with Crippen LogP contribution < -0.4 is 11.1 Å². The average Bonchev–Trinajstić information content (AvgIpc) is 2.81.